The van der Waals surface area contributed by atoms with Crippen LogP contribution in [0.4, 0.5) is 17.1 Å². The van der Waals surface area contributed by atoms with Crippen LogP contribution in [0, 0.1) is 0 Å². The van der Waals surface area contributed by atoms with Crippen molar-refractivity contribution < 1.29 is 4.42 Å². The Morgan fingerprint density at radius 2 is 0.821 bits per heavy atom. The largest absolute Gasteiger partial charge is 0.455 e. The van der Waals surface area contributed by atoms with Gasteiger partial charge in [-0.15, -0.1) is 0 Å². The summed E-state index contributed by atoms with van der Waals surface area (Å²) in [6, 6.07) is 91.1. The Morgan fingerprint density at radius 1 is 0.328 bits per heavy atom. The van der Waals surface area contributed by atoms with E-state index >= 15 is 0 Å². The lowest BCUT2D eigenvalue weighted by atomic mass is 9.70. The third kappa shape index (κ3) is 5.51. The molecule has 0 radical (unpaired) electrons. The van der Waals surface area contributed by atoms with E-state index in [4.69, 9.17) is 4.42 Å². The maximum Gasteiger partial charge on any atom is 0.143 e. The summed E-state index contributed by atoms with van der Waals surface area (Å²) in [7, 11) is 0. The fourth-order valence-electron chi connectivity index (χ4n) is 11.6. The number of nitrogens with zero attached hydrogens (tertiary/aromatic N) is 1. The highest BCUT2D eigenvalue weighted by Gasteiger charge is 2.51. The topological polar surface area (TPSA) is 16.4 Å². The van der Waals surface area contributed by atoms with E-state index in [1.165, 1.54) is 72.1 Å². The van der Waals surface area contributed by atoms with Crippen molar-refractivity contribution in [1.29, 1.82) is 0 Å². The fraction of sp³-hybridized carbons (Fsp3) is 0.0154. The van der Waals surface area contributed by atoms with Crippen LogP contribution in [-0.4, -0.2) is 0 Å². The second-order valence-electron chi connectivity index (χ2n) is 17.9. The van der Waals surface area contributed by atoms with Gasteiger partial charge < -0.3 is 9.32 Å². The van der Waals surface area contributed by atoms with E-state index in [0.717, 1.165) is 55.5 Å². The van der Waals surface area contributed by atoms with Crippen LogP contribution in [0.25, 0.3) is 88.3 Å². The molecule has 2 heteroatoms. The first-order chi connectivity index (χ1) is 33.2. The lowest BCUT2D eigenvalue weighted by molar-refractivity contribution is 0.670. The number of anilines is 3. The Kier molecular flexibility index (Phi) is 8.23. The molecule has 312 valence electrons. The highest BCUT2D eigenvalue weighted by Crippen LogP contribution is 2.63. The first kappa shape index (κ1) is 37.6. The molecular formula is C65H41NO. The summed E-state index contributed by atoms with van der Waals surface area (Å²) in [5, 5.41) is 4.50. The van der Waals surface area contributed by atoms with E-state index in [-0.39, 0.29) is 0 Å². The van der Waals surface area contributed by atoms with Crippen LogP contribution in [0.15, 0.2) is 253 Å². The lowest BCUT2D eigenvalue weighted by Crippen LogP contribution is -2.26. The summed E-state index contributed by atoms with van der Waals surface area (Å²) in [4.78, 5) is 2.46. The molecule has 67 heavy (non-hydrogen) atoms. The molecule has 11 aromatic carbocycles. The molecule has 2 nitrogen and oxygen atoms in total. The van der Waals surface area contributed by atoms with E-state index in [1.54, 1.807) is 0 Å². The number of hydrogen-bond donors (Lipinski definition) is 0. The summed E-state index contributed by atoms with van der Waals surface area (Å²) >= 11 is 0. The molecule has 0 bridgehead atoms. The second kappa shape index (κ2) is 14.7. The molecule has 2 aliphatic rings. The van der Waals surface area contributed by atoms with Crippen molar-refractivity contribution >= 4 is 49.8 Å². The summed E-state index contributed by atoms with van der Waals surface area (Å²) in [5.41, 5.74) is 21.9. The van der Waals surface area contributed by atoms with E-state index in [9.17, 15) is 0 Å². The molecule has 0 fully saturated rings. The van der Waals surface area contributed by atoms with Gasteiger partial charge in [0.2, 0.25) is 0 Å². The van der Waals surface area contributed by atoms with Crippen molar-refractivity contribution in [3.05, 3.63) is 271 Å². The number of rotatable bonds is 6. The molecule has 1 aromatic heterocycles. The molecule has 0 unspecified atom stereocenters. The Balaban J connectivity index is 1.02. The normalized spacial score (nSPS) is 12.9. The quantitative estimate of drug-likeness (QED) is 0.166. The fourth-order valence-corrected chi connectivity index (χ4v) is 11.6. The Bertz CT molecular complexity index is 3840. The van der Waals surface area contributed by atoms with Gasteiger partial charge in [-0.3, -0.25) is 0 Å². The zero-order chi connectivity index (χ0) is 44.1. The van der Waals surface area contributed by atoms with Gasteiger partial charge in [0.15, 0.2) is 0 Å². The summed E-state index contributed by atoms with van der Waals surface area (Å²) in [5.74, 6) is 0. The van der Waals surface area contributed by atoms with E-state index in [1.807, 2.05) is 0 Å². The van der Waals surface area contributed by atoms with Gasteiger partial charge in [-0.1, -0.05) is 206 Å². The van der Waals surface area contributed by atoms with Gasteiger partial charge in [0, 0.05) is 22.3 Å². The number of hydrogen-bond acceptors (Lipinski definition) is 2. The van der Waals surface area contributed by atoms with E-state index in [0.29, 0.717) is 0 Å². The first-order valence-corrected chi connectivity index (χ1v) is 23.2. The molecule has 1 spiro atoms. The highest BCUT2D eigenvalue weighted by atomic mass is 16.3. The lowest BCUT2D eigenvalue weighted by Gasteiger charge is -2.32. The molecule has 0 aliphatic heterocycles. The van der Waals surface area contributed by atoms with Crippen molar-refractivity contribution in [2.75, 3.05) is 4.90 Å². The summed E-state index contributed by atoms with van der Waals surface area (Å²) < 4.78 is 7.14. The summed E-state index contributed by atoms with van der Waals surface area (Å²) in [6.45, 7) is 0. The van der Waals surface area contributed by atoms with Crippen molar-refractivity contribution in [2.24, 2.45) is 0 Å². The average molecular weight is 852 g/mol. The Labute approximate surface area is 389 Å². The minimum atomic E-state index is -0.476. The minimum absolute atomic E-state index is 0.476. The van der Waals surface area contributed by atoms with E-state index < -0.39 is 5.41 Å². The Morgan fingerprint density at radius 3 is 1.45 bits per heavy atom. The molecule has 1 heterocycles. The molecule has 0 N–H and O–H groups in total. The van der Waals surface area contributed by atoms with Crippen molar-refractivity contribution in [3.63, 3.8) is 0 Å². The smallest absolute Gasteiger partial charge is 0.143 e. The predicted octanol–water partition coefficient (Wildman–Crippen LogP) is 17.6. The van der Waals surface area contributed by atoms with Gasteiger partial charge in [-0.2, -0.15) is 0 Å². The number of fused-ring (bicyclic) bond motifs is 14. The molecule has 0 saturated carbocycles. The van der Waals surface area contributed by atoms with Crippen molar-refractivity contribution in [1.82, 2.24) is 0 Å². The van der Waals surface area contributed by atoms with Crippen LogP contribution in [-0.2, 0) is 5.41 Å². The first-order valence-electron chi connectivity index (χ1n) is 23.2. The van der Waals surface area contributed by atoms with Crippen LogP contribution in [0.2, 0.25) is 0 Å². The standard InChI is InChI=1S/C65H41NO/c1-3-16-42(17-4-1)44-30-32-46(33-31-44)62-50-21-8-7-20-47(50)40-55-63-60(28-15-29-61(63)67-64(55)62)66(48-36-34-45(35-37-48)43-18-5-2-6-19-43)49-38-39-54-53-24-11-14-27-58(53)65(59(54)41-49)56-25-12-9-22-51(56)52-23-10-13-26-57(52)65/h1-41H. The number of furan rings is 1. The van der Waals surface area contributed by atoms with Gasteiger partial charge in [-0.05, 0) is 126 Å². The minimum Gasteiger partial charge on any atom is -0.455 e. The van der Waals surface area contributed by atoms with Crippen molar-refractivity contribution in [3.8, 4) is 55.6 Å². The summed E-state index contributed by atoms with van der Waals surface area (Å²) in [6.07, 6.45) is 0. The van der Waals surface area contributed by atoms with Crippen LogP contribution in [0.3, 0.4) is 0 Å². The molecule has 0 atom stereocenters. The molecular weight excluding hydrogens is 811 g/mol. The van der Waals surface area contributed by atoms with Crippen LogP contribution < -0.4 is 4.90 Å². The zero-order valence-corrected chi connectivity index (χ0v) is 36.5. The van der Waals surface area contributed by atoms with Crippen LogP contribution in [0.1, 0.15) is 22.3 Å². The predicted molar refractivity (Wildman–Crippen MR) is 279 cm³/mol. The molecule has 2 aliphatic carbocycles. The maximum atomic E-state index is 7.14. The average Bonchev–Trinajstić information content (AvgIpc) is 4.03. The van der Waals surface area contributed by atoms with Crippen LogP contribution in [0.5, 0.6) is 0 Å². The molecule has 0 saturated heterocycles. The maximum absolute atomic E-state index is 7.14. The molecule has 12 aromatic rings. The SMILES string of the molecule is c1ccc(-c2ccc(-c3c4ccccc4cc4c3oc3cccc(N(c5ccc(-c6ccccc6)cc5)c5ccc6c(c5)C5(c7ccccc7-c7ccccc75)c5ccccc5-6)c34)cc2)cc1. The molecule has 14 rings (SSSR count). The van der Waals surface area contributed by atoms with Gasteiger partial charge in [-0.25, -0.2) is 0 Å². The third-order valence-corrected chi connectivity index (χ3v) is 14.5. The van der Waals surface area contributed by atoms with Gasteiger partial charge in [0.1, 0.15) is 11.2 Å². The Hall–Kier alpha value is -8.72. The van der Waals surface area contributed by atoms with Gasteiger partial charge in [0.25, 0.3) is 0 Å². The van der Waals surface area contributed by atoms with Crippen molar-refractivity contribution in [2.45, 2.75) is 5.41 Å². The van der Waals surface area contributed by atoms with E-state index in [2.05, 4.69) is 254 Å². The monoisotopic (exact) mass is 851 g/mol. The third-order valence-electron chi connectivity index (χ3n) is 14.5. The van der Waals surface area contributed by atoms with Crippen LogP contribution >= 0.6 is 0 Å². The zero-order valence-electron chi connectivity index (χ0n) is 36.5. The highest BCUT2D eigenvalue weighted by molar-refractivity contribution is 6.22. The second-order valence-corrected chi connectivity index (χ2v) is 17.9. The molecule has 0 amide bonds. The number of benzene rings is 11. The van der Waals surface area contributed by atoms with Gasteiger partial charge in [0.05, 0.1) is 16.5 Å². The van der Waals surface area contributed by atoms with Gasteiger partial charge >= 0.3 is 0 Å².